The van der Waals surface area contributed by atoms with Gasteiger partial charge in [-0.1, -0.05) is 28.1 Å². The zero-order chi connectivity index (χ0) is 13.9. The van der Waals surface area contributed by atoms with Gasteiger partial charge in [-0.05, 0) is 42.0 Å². The zero-order valence-electron chi connectivity index (χ0n) is 11.0. The van der Waals surface area contributed by atoms with Gasteiger partial charge in [0.05, 0.1) is 23.8 Å². The number of benzene rings is 2. The lowest BCUT2D eigenvalue weighted by molar-refractivity contribution is 0.415. The number of fused-ring (bicyclic) bond motifs is 1. The largest absolute Gasteiger partial charge is 0.497 e. The Kier molecular flexibility index (Phi) is 3.56. The fourth-order valence-corrected chi connectivity index (χ4v) is 2.65. The van der Waals surface area contributed by atoms with Crippen LogP contribution in [0.3, 0.4) is 0 Å². The Bertz CT molecular complexity index is 760. The molecule has 3 nitrogen and oxygen atoms in total. The summed E-state index contributed by atoms with van der Waals surface area (Å²) in [5, 5.41) is 0. The van der Waals surface area contributed by atoms with Crippen molar-refractivity contribution in [3.63, 3.8) is 0 Å². The third-order valence-corrected chi connectivity index (χ3v) is 3.64. The number of hydrogen-bond donors (Lipinski definition) is 0. The summed E-state index contributed by atoms with van der Waals surface area (Å²) in [6.07, 6.45) is 1.84. The first-order chi connectivity index (χ1) is 9.83. The molecule has 1 aromatic heterocycles. The molecule has 4 heteroatoms. The maximum atomic E-state index is 5.19. The Balaban J connectivity index is 2.09. The number of nitrogens with zero attached hydrogens (tertiary/aromatic N) is 2. The average molecular weight is 329 g/mol. The van der Waals surface area contributed by atoms with E-state index >= 15 is 0 Å². The number of imidazole rings is 1. The molecule has 0 aliphatic heterocycles. The molecule has 0 saturated carbocycles. The Hall–Kier alpha value is -2.07. The van der Waals surface area contributed by atoms with Crippen LogP contribution in [0.1, 0.15) is 5.56 Å². The van der Waals surface area contributed by atoms with Crippen LogP contribution in [0.2, 0.25) is 0 Å². The summed E-state index contributed by atoms with van der Waals surface area (Å²) in [6.45, 7) is 0. The van der Waals surface area contributed by atoms with Crippen LogP contribution in [0.15, 0.2) is 59.8 Å². The molecule has 2 aromatic carbocycles. The van der Waals surface area contributed by atoms with Crippen LogP contribution in [0.5, 0.6) is 5.75 Å². The van der Waals surface area contributed by atoms with Crippen LogP contribution in [0.25, 0.3) is 16.7 Å². The predicted molar refractivity (Wildman–Crippen MR) is 85.0 cm³/mol. The molecule has 20 heavy (non-hydrogen) atoms. The molecule has 0 unspecified atom stereocenters. The summed E-state index contributed by atoms with van der Waals surface area (Å²) in [5.41, 5.74) is 4.18. The fraction of sp³-hybridized carbons (Fsp3) is 0.0625. The molecule has 0 amide bonds. The number of rotatable bonds is 3. The van der Waals surface area contributed by atoms with E-state index in [-0.39, 0.29) is 0 Å². The lowest BCUT2D eigenvalue weighted by Gasteiger charge is -2.10. The van der Waals surface area contributed by atoms with Gasteiger partial charge in [-0.3, -0.25) is 4.57 Å². The number of aromatic nitrogens is 2. The van der Waals surface area contributed by atoms with E-state index in [1.165, 1.54) is 0 Å². The Morgan fingerprint density at radius 2 is 1.90 bits per heavy atom. The Morgan fingerprint density at radius 3 is 2.60 bits per heavy atom. The third-order valence-electron chi connectivity index (χ3n) is 3.20. The monoisotopic (exact) mass is 328 g/mol. The molecular weight excluding hydrogens is 316 g/mol. The fourth-order valence-electron chi connectivity index (χ4n) is 2.17. The van der Waals surface area contributed by atoms with Crippen molar-refractivity contribution in [1.29, 1.82) is 0 Å². The number of methoxy groups -OCH3 is 1. The second kappa shape index (κ2) is 5.51. The van der Waals surface area contributed by atoms with E-state index in [1.807, 2.05) is 53.8 Å². The predicted octanol–water partition coefficient (Wildman–Crippen LogP) is 4.29. The lowest BCUT2D eigenvalue weighted by Crippen LogP contribution is -1.96. The lowest BCUT2D eigenvalue weighted by atomic mass is 10.1. The van der Waals surface area contributed by atoms with Gasteiger partial charge in [0.25, 0.3) is 0 Å². The summed E-state index contributed by atoms with van der Waals surface area (Å²) in [6, 6.07) is 16.0. The van der Waals surface area contributed by atoms with Gasteiger partial charge in [-0.25, -0.2) is 4.98 Å². The molecule has 0 bridgehead atoms. The van der Waals surface area contributed by atoms with Gasteiger partial charge in [0.1, 0.15) is 12.1 Å². The van der Waals surface area contributed by atoms with Crippen LogP contribution < -0.4 is 4.74 Å². The normalized spacial score (nSPS) is 11.8. The minimum Gasteiger partial charge on any atom is -0.497 e. The van der Waals surface area contributed by atoms with E-state index < -0.39 is 0 Å². The molecule has 0 N–H and O–H groups in total. The van der Waals surface area contributed by atoms with Crippen molar-refractivity contribution in [1.82, 2.24) is 9.55 Å². The molecule has 1 heterocycles. The van der Waals surface area contributed by atoms with Gasteiger partial charge < -0.3 is 4.74 Å². The van der Waals surface area contributed by atoms with Gasteiger partial charge in [-0.15, -0.1) is 0 Å². The van der Waals surface area contributed by atoms with Crippen molar-refractivity contribution >= 4 is 32.7 Å². The highest BCUT2D eigenvalue weighted by atomic mass is 79.9. The van der Waals surface area contributed by atoms with E-state index in [9.17, 15) is 0 Å². The topological polar surface area (TPSA) is 27.1 Å². The number of hydrogen-bond acceptors (Lipinski definition) is 2. The number of ether oxygens (including phenoxy) is 1. The maximum Gasteiger partial charge on any atom is 0.118 e. The minimum atomic E-state index is 0.846. The third kappa shape index (κ3) is 2.23. The summed E-state index contributed by atoms with van der Waals surface area (Å²) >= 11 is 3.45. The first-order valence-electron chi connectivity index (χ1n) is 6.21. The van der Waals surface area contributed by atoms with E-state index in [2.05, 4.69) is 31.5 Å². The zero-order valence-corrected chi connectivity index (χ0v) is 12.5. The number of halogens is 1. The summed E-state index contributed by atoms with van der Waals surface area (Å²) in [7, 11) is 1.67. The van der Waals surface area contributed by atoms with E-state index in [0.29, 0.717) is 0 Å². The highest BCUT2D eigenvalue weighted by Gasteiger charge is 2.08. The molecular formula is C16H13BrN2O. The van der Waals surface area contributed by atoms with Crippen LogP contribution in [0, 0.1) is 0 Å². The van der Waals surface area contributed by atoms with Crippen LogP contribution in [0.4, 0.5) is 0 Å². The van der Waals surface area contributed by atoms with Crippen molar-refractivity contribution in [2.24, 2.45) is 0 Å². The Morgan fingerprint density at radius 1 is 1.15 bits per heavy atom. The van der Waals surface area contributed by atoms with E-state index in [1.54, 1.807) is 7.11 Å². The minimum absolute atomic E-state index is 0.846. The maximum absolute atomic E-state index is 5.19. The number of para-hydroxylation sites is 2. The van der Waals surface area contributed by atoms with Crippen LogP contribution in [-0.2, 0) is 0 Å². The van der Waals surface area contributed by atoms with Crippen LogP contribution in [-0.4, -0.2) is 16.7 Å². The molecule has 0 radical (unpaired) electrons. The van der Waals surface area contributed by atoms with Crippen molar-refractivity contribution in [2.45, 2.75) is 0 Å². The SMILES string of the molecule is COc1ccc(C(=CBr)n2cnc3ccccc32)cc1. The van der Waals surface area contributed by atoms with E-state index in [4.69, 9.17) is 4.74 Å². The van der Waals surface area contributed by atoms with Gasteiger partial charge in [0, 0.05) is 4.99 Å². The molecule has 0 fully saturated rings. The molecule has 0 saturated heterocycles. The van der Waals surface area contributed by atoms with Gasteiger partial charge in [0.15, 0.2) is 0 Å². The highest BCUT2D eigenvalue weighted by Crippen LogP contribution is 2.25. The molecule has 0 atom stereocenters. The molecule has 0 aliphatic rings. The first-order valence-corrected chi connectivity index (χ1v) is 7.12. The van der Waals surface area contributed by atoms with Crippen molar-refractivity contribution in [2.75, 3.05) is 7.11 Å². The van der Waals surface area contributed by atoms with Gasteiger partial charge in [0.2, 0.25) is 0 Å². The van der Waals surface area contributed by atoms with Crippen molar-refractivity contribution in [3.8, 4) is 5.75 Å². The molecule has 0 aliphatic carbocycles. The first kappa shape index (κ1) is 12.9. The van der Waals surface area contributed by atoms with Gasteiger partial charge >= 0.3 is 0 Å². The quantitative estimate of drug-likeness (QED) is 0.717. The van der Waals surface area contributed by atoms with Gasteiger partial charge in [-0.2, -0.15) is 0 Å². The average Bonchev–Trinajstić information content (AvgIpc) is 2.93. The van der Waals surface area contributed by atoms with Crippen molar-refractivity contribution < 1.29 is 4.74 Å². The summed E-state index contributed by atoms with van der Waals surface area (Å²) in [4.78, 5) is 6.33. The second-order valence-electron chi connectivity index (χ2n) is 4.33. The molecule has 100 valence electrons. The summed E-state index contributed by atoms with van der Waals surface area (Å²) < 4.78 is 7.25. The van der Waals surface area contributed by atoms with Crippen molar-refractivity contribution in [3.05, 3.63) is 65.4 Å². The standard InChI is InChI=1S/C16H13BrN2O/c1-20-13-8-6-12(7-9-13)16(10-17)19-11-18-14-4-2-3-5-15(14)19/h2-11H,1H3. The van der Waals surface area contributed by atoms with Crippen LogP contribution >= 0.6 is 15.9 Å². The second-order valence-corrected chi connectivity index (χ2v) is 4.78. The Labute approximate surface area is 125 Å². The highest BCUT2D eigenvalue weighted by molar-refractivity contribution is 9.11. The van der Waals surface area contributed by atoms with E-state index in [0.717, 1.165) is 28.0 Å². The molecule has 0 spiro atoms. The smallest absolute Gasteiger partial charge is 0.118 e. The molecule has 3 rings (SSSR count). The molecule has 3 aromatic rings. The summed E-state index contributed by atoms with van der Waals surface area (Å²) in [5.74, 6) is 0.846.